The molecule has 1 amide bonds. The Kier molecular flexibility index (Phi) is 4.25. The van der Waals surface area contributed by atoms with Crippen molar-refractivity contribution < 1.29 is 4.79 Å². The second kappa shape index (κ2) is 5.91. The summed E-state index contributed by atoms with van der Waals surface area (Å²) in [4.78, 5) is 15.5. The third-order valence-corrected chi connectivity index (χ3v) is 3.95. The van der Waals surface area contributed by atoms with Crippen molar-refractivity contribution in [3.8, 4) is 0 Å². The van der Waals surface area contributed by atoms with E-state index in [4.69, 9.17) is 0 Å². The maximum Gasteiger partial charge on any atom is 0.252 e. The van der Waals surface area contributed by atoms with Gasteiger partial charge in [0.1, 0.15) is 0 Å². The van der Waals surface area contributed by atoms with Gasteiger partial charge in [-0.05, 0) is 31.0 Å². The van der Waals surface area contributed by atoms with Gasteiger partial charge in [0, 0.05) is 28.7 Å². The highest BCUT2D eigenvalue weighted by molar-refractivity contribution is 6.06. The molecule has 0 saturated carbocycles. The number of aromatic amines is 1. The van der Waals surface area contributed by atoms with E-state index in [1.807, 2.05) is 30.5 Å². The van der Waals surface area contributed by atoms with E-state index in [9.17, 15) is 4.79 Å². The summed E-state index contributed by atoms with van der Waals surface area (Å²) in [6, 6.07) is 7.93. The standard InChI is InChI=1S/C16H22N2O/c1-4-12(5-2)11(3)18-16(19)14-7-6-8-15-13(14)9-10-17-15/h6-12,17H,4-5H2,1-3H3,(H,18,19). The Labute approximate surface area is 114 Å². The molecule has 0 aliphatic rings. The molecule has 1 aromatic heterocycles. The third-order valence-electron chi connectivity index (χ3n) is 3.95. The fourth-order valence-electron chi connectivity index (χ4n) is 2.68. The number of benzene rings is 1. The second-order valence-electron chi connectivity index (χ2n) is 5.08. The number of hydrogen-bond acceptors (Lipinski definition) is 1. The molecule has 0 saturated heterocycles. The topological polar surface area (TPSA) is 44.9 Å². The summed E-state index contributed by atoms with van der Waals surface area (Å²) in [5.41, 5.74) is 1.75. The normalized spacial score (nSPS) is 12.8. The van der Waals surface area contributed by atoms with Gasteiger partial charge in [0.25, 0.3) is 5.91 Å². The summed E-state index contributed by atoms with van der Waals surface area (Å²) in [6.45, 7) is 6.43. The fourth-order valence-corrected chi connectivity index (χ4v) is 2.68. The van der Waals surface area contributed by atoms with Crippen molar-refractivity contribution in [3.05, 3.63) is 36.0 Å². The largest absolute Gasteiger partial charge is 0.361 e. The Morgan fingerprint density at radius 1 is 1.26 bits per heavy atom. The van der Waals surface area contributed by atoms with Gasteiger partial charge in [0.05, 0.1) is 0 Å². The van der Waals surface area contributed by atoms with Gasteiger partial charge in [-0.25, -0.2) is 0 Å². The number of fused-ring (bicyclic) bond motifs is 1. The van der Waals surface area contributed by atoms with Crippen molar-refractivity contribution in [2.45, 2.75) is 39.7 Å². The van der Waals surface area contributed by atoms with Crippen LogP contribution in [0.1, 0.15) is 44.0 Å². The summed E-state index contributed by atoms with van der Waals surface area (Å²) < 4.78 is 0. The molecule has 2 aromatic rings. The summed E-state index contributed by atoms with van der Waals surface area (Å²) in [5.74, 6) is 0.555. The zero-order chi connectivity index (χ0) is 13.8. The summed E-state index contributed by atoms with van der Waals surface area (Å²) in [6.07, 6.45) is 4.05. The van der Waals surface area contributed by atoms with Crippen LogP contribution in [0.15, 0.2) is 30.5 Å². The predicted molar refractivity (Wildman–Crippen MR) is 79.3 cm³/mol. The van der Waals surface area contributed by atoms with Crippen LogP contribution in [0.2, 0.25) is 0 Å². The molecule has 2 N–H and O–H groups in total. The van der Waals surface area contributed by atoms with Crippen LogP contribution in [0.4, 0.5) is 0 Å². The highest BCUT2D eigenvalue weighted by atomic mass is 16.1. The first-order chi connectivity index (χ1) is 9.17. The van der Waals surface area contributed by atoms with E-state index in [0.717, 1.165) is 29.3 Å². The smallest absolute Gasteiger partial charge is 0.252 e. The monoisotopic (exact) mass is 258 g/mol. The van der Waals surface area contributed by atoms with Crippen molar-refractivity contribution in [1.82, 2.24) is 10.3 Å². The first-order valence-electron chi connectivity index (χ1n) is 7.04. The van der Waals surface area contributed by atoms with Crippen LogP contribution >= 0.6 is 0 Å². The number of hydrogen-bond donors (Lipinski definition) is 2. The van der Waals surface area contributed by atoms with Crippen LogP contribution < -0.4 is 5.32 Å². The Balaban J connectivity index is 2.18. The van der Waals surface area contributed by atoms with Crippen LogP contribution in [0.25, 0.3) is 10.9 Å². The molecule has 0 spiro atoms. The van der Waals surface area contributed by atoms with Gasteiger partial charge in [-0.15, -0.1) is 0 Å². The van der Waals surface area contributed by atoms with E-state index < -0.39 is 0 Å². The zero-order valence-electron chi connectivity index (χ0n) is 11.9. The average molecular weight is 258 g/mol. The Morgan fingerprint density at radius 2 is 2.00 bits per heavy atom. The van der Waals surface area contributed by atoms with Crippen molar-refractivity contribution in [2.24, 2.45) is 5.92 Å². The molecule has 1 heterocycles. The lowest BCUT2D eigenvalue weighted by Crippen LogP contribution is -2.37. The minimum absolute atomic E-state index is 0.0181. The number of nitrogens with one attached hydrogen (secondary N) is 2. The number of carbonyl (C=O) groups excluding carboxylic acids is 1. The minimum Gasteiger partial charge on any atom is -0.361 e. The van der Waals surface area contributed by atoms with Crippen LogP contribution in [0, 0.1) is 5.92 Å². The molecule has 0 aliphatic heterocycles. The van der Waals surface area contributed by atoms with E-state index in [0.29, 0.717) is 5.92 Å². The average Bonchev–Trinajstić information content (AvgIpc) is 2.87. The molecular formula is C16H22N2O. The number of amides is 1. The lowest BCUT2D eigenvalue weighted by Gasteiger charge is -2.22. The van der Waals surface area contributed by atoms with E-state index in [-0.39, 0.29) is 11.9 Å². The Bertz CT molecular complexity index is 555. The molecule has 19 heavy (non-hydrogen) atoms. The summed E-state index contributed by atoms with van der Waals surface area (Å²) >= 11 is 0. The molecule has 0 aliphatic carbocycles. The van der Waals surface area contributed by atoms with Gasteiger partial charge >= 0.3 is 0 Å². The number of carbonyl (C=O) groups is 1. The molecule has 0 radical (unpaired) electrons. The first kappa shape index (κ1) is 13.7. The molecule has 102 valence electrons. The molecule has 1 atom stereocenters. The quantitative estimate of drug-likeness (QED) is 0.843. The second-order valence-corrected chi connectivity index (χ2v) is 5.08. The van der Waals surface area contributed by atoms with Crippen LogP contribution in [0.3, 0.4) is 0 Å². The van der Waals surface area contributed by atoms with Gasteiger partial charge in [-0.3, -0.25) is 4.79 Å². The summed E-state index contributed by atoms with van der Waals surface area (Å²) in [5, 5.41) is 4.11. The highest BCUT2D eigenvalue weighted by Gasteiger charge is 2.18. The fraction of sp³-hybridized carbons (Fsp3) is 0.438. The van der Waals surface area contributed by atoms with Crippen molar-refractivity contribution in [2.75, 3.05) is 0 Å². The van der Waals surface area contributed by atoms with Crippen LogP contribution in [-0.4, -0.2) is 16.9 Å². The zero-order valence-corrected chi connectivity index (χ0v) is 11.9. The van der Waals surface area contributed by atoms with E-state index in [1.165, 1.54) is 0 Å². The first-order valence-corrected chi connectivity index (χ1v) is 7.04. The lowest BCUT2D eigenvalue weighted by atomic mass is 9.95. The molecule has 2 rings (SSSR count). The van der Waals surface area contributed by atoms with Gasteiger partial charge in [0.15, 0.2) is 0 Å². The maximum atomic E-state index is 12.4. The highest BCUT2D eigenvalue weighted by Crippen LogP contribution is 2.18. The molecule has 3 nitrogen and oxygen atoms in total. The molecule has 1 aromatic carbocycles. The van der Waals surface area contributed by atoms with Gasteiger partial charge < -0.3 is 10.3 Å². The van der Waals surface area contributed by atoms with E-state index in [1.54, 1.807) is 0 Å². The Hall–Kier alpha value is -1.77. The lowest BCUT2D eigenvalue weighted by molar-refractivity contribution is 0.0927. The molecule has 1 unspecified atom stereocenters. The minimum atomic E-state index is 0.0181. The summed E-state index contributed by atoms with van der Waals surface area (Å²) in [7, 11) is 0. The Morgan fingerprint density at radius 3 is 2.68 bits per heavy atom. The number of H-pyrrole nitrogens is 1. The van der Waals surface area contributed by atoms with E-state index in [2.05, 4.69) is 31.1 Å². The predicted octanol–water partition coefficient (Wildman–Crippen LogP) is 3.72. The van der Waals surface area contributed by atoms with Gasteiger partial charge in [-0.1, -0.05) is 32.8 Å². The van der Waals surface area contributed by atoms with Crippen molar-refractivity contribution in [3.63, 3.8) is 0 Å². The van der Waals surface area contributed by atoms with Crippen LogP contribution in [0.5, 0.6) is 0 Å². The van der Waals surface area contributed by atoms with E-state index >= 15 is 0 Å². The number of aromatic nitrogens is 1. The van der Waals surface area contributed by atoms with Crippen molar-refractivity contribution >= 4 is 16.8 Å². The molecule has 3 heteroatoms. The SMILES string of the molecule is CCC(CC)C(C)NC(=O)c1cccc2[nH]ccc12. The third kappa shape index (κ3) is 2.80. The van der Waals surface area contributed by atoms with Crippen LogP contribution in [-0.2, 0) is 0 Å². The maximum absolute atomic E-state index is 12.4. The molecule has 0 bridgehead atoms. The van der Waals surface area contributed by atoms with Gasteiger partial charge in [0.2, 0.25) is 0 Å². The van der Waals surface area contributed by atoms with Gasteiger partial charge in [-0.2, -0.15) is 0 Å². The number of rotatable bonds is 5. The van der Waals surface area contributed by atoms with Crippen molar-refractivity contribution in [1.29, 1.82) is 0 Å². The molecular weight excluding hydrogens is 236 g/mol. The molecule has 0 fully saturated rings.